The second-order valence-electron chi connectivity index (χ2n) is 4.96. The normalized spacial score (nSPS) is 23.0. The van der Waals surface area contributed by atoms with Crippen LogP contribution in [0.3, 0.4) is 0 Å². The number of aromatic nitrogens is 1. The minimum absolute atomic E-state index is 0.139. The molecule has 0 radical (unpaired) electrons. The lowest BCUT2D eigenvalue weighted by Gasteiger charge is -2.01. The van der Waals surface area contributed by atoms with Crippen LogP contribution in [-0.4, -0.2) is 4.98 Å². The summed E-state index contributed by atoms with van der Waals surface area (Å²) in [6, 6.07) is 0.139. The minimum atomic E-state index is -2.19. The monoisotopic (exact) mass is 250 g/mol. The molecule has 2 aromatic rings. The van der Waals surface area contributed by atoms with Gasteiger partial charge in [-0.1, -0.05) is 13.8 Å². The Morgan fingerprint density at radius 1 is 1.35 bits per heavy atom. The van der Waals surface area contributed by atoms with Gasteiger partial charge >= 0.3 is 0 Å². The molecule has 5 heterocycles. The van der Waals surface area contributed by atoms with Crippen molar-refractivity contribution in [2.45, 2.75) is 20.3 Å². The molecule has 2 aromatic heterocycles. The number of nitrogen functional groups attached to an aromatic ring is 1. The fourth-order valence-electron chi connectivity index (χ4n) is 2.32. The Balaban J connectivity index is 1.82. The number of oxazole rings is 1. The number of hydrogen-bond donors (Lipinski definition) is 1. The molecular weight excluding hydrogens is 239 g/mol. The van der Waals surface area contributed by atoms with Crippen molar-refractivity contribution < 1.29 is 13.4 Å². The highest BCUT2D eigenvalue weighted by Crippen LogP contribution is 2.70. The minimum Gasteiger partial charge on any atom is -0.449 e. The molecule has 6 heteroatoms. The van der Waals surface area contributed by atoms with Gasteiger partial charge in [0.15, 0.2) is 17.0 Å². The molecule has 5 rings (SSSR count). The van der Waals surface area contributed by atoms with E-state index in [1.807, 2.05) is 0 Å². The molecule has 2 bridgehead atoms. The molecule has 2 N–H and O–H groups in total. The topological polar surface area (TPSA) is 82.3 Å². The summed E-state index contributed by atoms with van der Waals surface area (Å²) in [5, 5.41) is 1.80. The highest BCUT2D eigenvalue weighted by atomic mass is 31.2. The number of anilines is 1. The van der Waals surface area contributed by atoms with Crippen LogP contribution in [0.1, 0.15) is 19.6 Å². The summed E-state index contributed by atoms with van der Waals surface area (Å²) < 4.78 is 22.8. The Kier molecular flexibility index (Phi) is 1.41. The third-order valence-corrected chi connectivity index (χ3v) is 5.73. The Morgan fingerprint density at radius 3 is 2.59 bits per heavy atom. The van der Waals surface area contributed by atoms with Crippen molar-refractivity contribution in [2.24, 2.45) is 5.92 Å². The fraction of sp³-hybridized carbons (Fsp3) is 0.364. The van der Waals surface area contributed by atoms with E-state index in [1.54, 1.807) is 0 Å². The van der Waals surface area contributed by atoms with Crippen LogP contribution in [0.25, 0.3) is 11.5 Å². The van der Waals surface area contributed by atoms with E-state index in [4.69, 9.17) is 14.6 Å². The number of rotatable bonds is 3. The first-order valence-electron chi connectivity index (χ1n) is 5.57. The number of furan rings is 1. The summed E-state index contributed by atoms with van der Waals surface area (Å²) in [7, 11) is -2.19. The summed E-state index contributed by atoms with van der Waals surface area (Å²) in [5.74, 6) is 1.78. The first-order valence-corrected chi connectivity index (χ1v) is 7.28. The fourth-order valence-corrected chi connectivity index (χ4v) is 4.80. The third-order valence-electron chi connectivity index (χ3n) is 3.18. The van der Waals surface area contributed by atoms with Gasteiger partial charge in [0, 0.05) is 6.42 Å². The van der Waals surface area contributed by atoms with Crippen LogP contribution in [-0.2, 0) is 11.0 Å². The molecule has 5 nitrogen and oxygen atoms in total. The van der Waals surface area contributed by atoms with Crippen LogP contribution in [0.2, 0.25) is 0 Å². The maximum atomic E-state index is 11.9. The highest BCUT2D eigenvalue weighted by Gasteiger charge is 2.75. The average Bonchev–Trinajstić information content (AvgIpc) is 2.81. The quantitative estimate of drug-likeness (QED) is 0.548. The van der Waals surface area contributed by atoms with E-state index in [0.29, 0.717) is 22.9 Å². The van der Waals surface area contributed by atoms with E-state index in [1.165, 1.54) is 0 Å². The number of fused-ring (bicyclic) bond motifs is 1. The van der Waals surface area contributed by atoms with Crippen molar-refractivity contribution >= 4 is 29.3 Å². The first-order chi connectivity index (χ1) is 8.03. The largest absolute Gasteiger partial charge is 0.449 e. The van der Waals surface area contributed by atoms with Crippen LogP contribution in [0, 0.1) is 5.92 Å². The van der Waals surface area contributed by atoms with Gasteiger partial charge in [-0.05, 0) is 5.92 Å². The predicted octanol–water partition coefficient (Wildman–Crippen LogP) is 0.981. The zero-order valence-electron chi connectivity index (χ0n) is 9.48. The summed E-state index contributed by atoms with van der Waals surface area (Å²) in [4.78, 5) is 4.15. The lowest BCUT2D eigenvalue weighted by molar-refractivity contribution is 0.482. The Morgan fingerprint density at radius 2 is 2.06 bits per heavy atom. The van der Waals surface area contributed by atoms with Crippen molar-refractivity contribution in [2.75, 3.05) is 5.73 Å². The maximum Gasteiger partial charge on any atom is 0.292 e. The standard InChI is InChI=1S/C11H11N2O3P/c1-4(2)3-5-6(13-11(12)15-5)7-8-9-10(16-7)17(8,9)14/h4H,3H2,1-2H3,(H2,12,13). The van der Waals surface area contributed by atoms with Crippen molar-refractivity contribution in [3.63, 3.8) is 0 Å². The number of nitrogens with two attached hydrogens (primary N) is 1. The molecule has 88 valence electrons. The van der Waals surface area contributed by atoms with Gasteiger partial charge in [-0.3, -0.25) is 0 Å². The van der Waals surface area contributed by atoms with E-state index in [-0.39, 0.29) is 6.01 Å². The predicted molar refractivity (Wildman–Crippen MR) is 63.7 cm³/mol. The smallest absolute Gasteiger partial charge is 0.292 e. The second-order valence-corrected chi connectivity index (χ2v) is 7.48. The molecule has 1 unspecified atom stereocenters. The Bertz CT molecular complexity index is 702. The number of hydrogen-bond acceptors (Lipinski definition) is 5. The van der Waals surface area contributed by atoms with Crippen LogP contribution in [0.5, 0.6) is 0 Å². The van der Waals surface area contributed by atoms with Gasteiger partial charge < -0.3 is 19.1 Å². The van der Waals surface area contributed by atoms with E-state index in [2.05, 4.69) is 18.8 Å². The molecule has 17 heavy (non-hydrogen) atoms. The molecule has 0 fully saturated rings. The molecule has 0 saturated carbocycles. The average molecular weight is 250 g/mol. The zero-order chi connectivity index (χ0) is 11.9. The summed E-state index contributed by atoms with van der Waals surface area (Å²) >= 11 is 0. The van der Waals surface area contributed by atoms with E-state index in [0.717, 1.165) is 22.8 Å². The van der Waals surface area contributed by atoms with Gasteiger partial charge in [-0.15, -0.1) is 0 Å². The lowest BCUT2D eigenvalue weighted by Crippen LogP contribution is -1.99. The van der Waals surface area contributed by atoms with E-state index < -0.39 is 7.14 Å². The summed E-state index contributed by atoms with van der Waals surface area (Å²) in [6.45, 7) is 4.18. The van der Waals surface area contributed by atoms with Crippen LogP contribution in [0.15, 0.2) is 8.83 Å². The molecule has 0 saturated heterocycles. The molecular formula is C11H11N2O3P. The zero-order valence-corrected chi connectivity index (χ0v) is 10.4. The molecule has 0 aliphatic carbocycles. The molecule has 1 atom stereocenters. The molecule has 3 aliphatic heterocycles. The van der Waals surface area contributed by atoms with E-state index in [9.17, 15) is 4.57 Å². The van der Waals surface area contributed by atoms with Gasteiger partial charge in [0.05, 0.1) is 10.6 Å². The van der Waals surface area contributed by atoms with Crippen LogP contribution >= 0.6 is 7.14 Å². The van der Waals surface area contributed by atoms with Crippen molar-refractivity contribution in [1.29, 1.82) is 0 Å². The van der Waals surface area contributed by atoms with E-state index >= 15 is 0 Å². The van der Waals surface area contributed by atoms with Gasteiger partial charge in [0.25, 0.3) is 6.01 Å². The Hall–Kier alpha value is -1.48. The summed E-state index contributed by atoms with van der Waals surface area (Å²) in [5.41, 5.74) is 6.90. The maximum absolute atomic E-state index is 11.9. The second kappa shape index (κ2) is 2.51. The summed E-state index contributed by atoms with van der Waals surface area (Å²) in [6.07, 6.45) is 0.745. The number of nitrogens with zero attached hydrogens (tertiary/aromatic N) is 1. The van der Waals surface area contributed by atoms with Crippen LogP contribution < -0.4 is 21.8 Å². The molecule has 3 aliphatic rings. The van der Waals surface area contributed by atoms with Gasteiger partial charge in [-0.2, -0.15) is 4.98 Å². The lowest BCUT2D eigenvalue weighted by atomic mass is 10.1. The molecule has 0 aromatic carbocycles. The van der Waals surface area contributed by atoms with Gasteiger partial charge in [-0.25, -0.2) is 0 Å². The Labute approximate surface area is 97.4 Å². The van der Waals surface area contributed by atoms with Gasteiger partial charge in [0.1, 0.15) is 5.76 Å². The van der Waals surface area contributed by atoms with Crippen molar-refractivity contribution in [3.05, 3.63) is 5.76 Å². The van der Waals surface area contributed by atoms with Crippen molar-refractivity contribution in [3.8, 4) is 11.5 Å². The first kappa shape index (κ1) is 9.54. The van der Waals surface area contributed by atoms with Gasteiger partial charge in [0.2, 0.25) is 7.14 Å². The SMILES string of the molecule is CC(C)Cc1oc(N)nc1-c1oc2c3c1P23=O. The molecule has 0 spiro atoms. The van der Waals surface area contributed by atoms with Crippen LogP contribution in [0.4, 0.5) is 6.01 Å². The van der Waals surface area contributed by atoms with Crippen molar-refractivity contribution in [1.82, 2.24) is 4.98 Å². The highest BCUT2D eigenvalue weighted by molar-refractivity contribution is 8.06. The molecule has 0 amide bonds. The third kappa shape index (κ3) is 0.967.